The van der Waals surface area contributed by atoms with Gasteiger partial charge in [-0.1, -0.05) is 35.0 Å². The summed E-state index contributed by atoms with van der Waals surface area (Å²) in [5, 5.41) is 7.91. The molecular weight excluding hydrogens is 294 g/mol. The Bertz CT molecular complexity index is 436. The van der Waals surface area contributed by atoms with Crippen molar-refractivity contribution in [1.82, 2.24) is 5.32 Å². The van der Waals surface area contributed by atoms with Crippen molar-refractivity contribution in [1.29, 1.82) is 0 Å². The van der Waals surface area contributed by atoms with E-state index in [0.29, 0.717) is 6.04 Å². The lowest BCUT2D eigenvalue weighted by molar-refractivity contribution is 0.551. The van der Waals surface area contributed by atoms with E-state index in [4.69, 9.17) is 0 Å². The average Bonchev–Trinajstić information content (AvgIpc) is 2.85. The molecule has 0 saturated carbocycles. The molecule has 0 aliphatic carbocycles. The summed E-state index contributed by atoms with van der Waals surface area (Å²) in [5.41, 5.74) is 2.75. The molecule has 0 aliphatic heterocycles. The predicted molar refractivity (Wildman–Crippen MR) is 78.6 cm³/mol. The molecule has 0 amide bonds. The first-order chi connectivity index (χ1) is 8.29. The van der Waals surface area contributed by atoms with Crippen LogP contribution in [0.1, 0.15) is 24.1 Å². The molecule has 0 fully saturated rings. The molecule has 17 heavy (non-hydrogen) atoms. The molecule has 1 aromatic heterocycles. The number of likely N-dealkylation sites (N-methyl/N-ethyl adjacent to an activating group) is 1. The van der Waals surface area contributed by atoms with E-state index in [9.17, 15) is 0 Å². The lowest BCUT2D eigenvalue weighted by Gasteiger charge is -2.17. The highest BCUT2D eigenvalue weighted by atomic mass is 79.9. The highest BCUT2D eigenvalue weighted by Crippen LogP contribution is 2.21. The second-order valence-corrected chi connectivity index (χ2v) is 5.69. The zero-order valence-electron chi connectivity index (χ0n) is 9.82. The van der Waals surface area contributed by atoms with Crippen LogP contribution in [0.3, 0.4) is 0 Å². The smallest absolute Gasteiger partial charge is 0.0369 e. The Kier molecular flexibility index (Phi) is 4.77. The highest BCUT2D eigenvalue weighted by molar-refractivity contribution is 9.10. The van der Waals surface area contributed by atoms with E-state index in [-0.39, 0.29) is 0 Å². The van der Waals surface area contributed by atoms with E-state index in [1.807, 2.05) is 0 Å². The van der Waals surface area contributed by atoms with Gasteiger partial charge in [-0.05, 0) is 53.1 Å². The van der Waals surface area contributed by atoms with Crippen LogP contribution in [-0.2, 0) is 6.42 Å². The van der Waals surface area contributed by atoms with Crippen molar-refractivity contribution in [2.75, 3.05) is 6.54 Å². The van der Waals surface area contributed by atoms with Gasteiger partial charge in [0.1, 0.15) is 0 Å². The van der Waals surface area contributed by atoms with Gasteiger partial charge in [-0.3, -0.25) is 0 Å². The maximum atomic E-state index is 3.54. The monoisotopic (exact) mass is 309 g/mol. The minimum atomic E-state index is 0.424. The van der Waals surface area contributed by atoms with Gasteiger partial charge in [-0.2, -0.15) is 11.3 Å². The molecule has 2 rings (SSSR count). The number of thiophene rings is 1. The minimum Gasteiger partial charge on any atom is -0.310 e. The van der Waals surface area contributed by atoms with Crippen LogP contribution < -0.4 is 5.32 Å². The van der Waals surface area contributed by atoms with Gasteiger partial charge in [-0.15, -0.1) is 0 Å². The van der Waals surface area contributed by atoms with E-state index < -0.39 is 0 Å². The Balaban J connectivity index is 2.10. The zero-order valence-corrected chi connectivity index (χ0v) is 12.2. The summed E-state index contributed by atoms with van der Waals surface area (Å²) in [6.07, 6.45) is 1.04. The van der Waals surface area contributed by atoms with Gasteiger partial charge in [-0.25, -0.2) is 0 Å². The standard InChI is InChI=1S/C14H16BrNS/c1-2-16-14(12-7-8-17-10-12)9-11-3-5-13(15)6-4-11/h3-8,10,14,16H,2,9H2,1H3. The topological polar surface area (TPSA) is 12.0 Å². The molecule has 1 atom stereocenters. The maximum absolute atomic E-state index is 3.54. The molecule has 1 nitrogen and oxygen atoms in total. The van der Waals surface area contributed by atoms with Crippen LogP contribution in [0, 0.1) is 0 Å². The van der Waals surface area contributed by atoms with E-state index in [0.717, 1.165) is 17.4 Å². The maximum Gasteiger partial charge on any atom is 0.0369 e. The van der Waals surface area contributed by atoms with Crippen LogP contribution in [0.5, 0.6) is 0 Å². The molecule has 1 unspecified atom stereocenters. The summed E-state index contributed by atoms with van der Waals surface area (Å²) >= 11 is 5.23. The fourth-order valence-corrected chi connectivity index (χ4v) is 2.86. The zero-order chi connectivity index (χ0) is 12.1. The van der Waals surface area contributed by atoms with Crippen molar-refractivity contribution in [3.05, 3.63) is 56.7 Å². The first kappa shape index (κ1) is 12.8. The van der Waals surface area contributed by atoms with E-state index in [1.54, 1.807) is 11.3 Å². The summed E-state index contributed by atoms with van der Waals surface area (Å²) in [6, 6.07) is 11.2. The van der Waals surface area contributed by atoms with Gasteiger partial charge in [0.15, 0.2) is 0 Å². The molecule has 0 aliphatic rings. The number of hydrogen-bond acceptors (Lipinski definition) is 2. The van der Waals surface area contributed by atoms with Crippen LogP contribution in [0.2, 0.25) is 0 Å². The number of nitrogens with one attached hydrogen (secondary N) is 1. The molecule has 0 spiro atoms. The number of rotatable bonds is 5. The predicted octanol–water partition coefficient (Wildman–Crippen LogP) is 4.40. The molecule has 1 heterocycles. The summed E-state index contributed by atoms with van der Waals surface area (Å²) in [7, 11) is 0. The molecule has 2 aromatic rings. The van der Waals surface area contributed by atoms with Crippen LogP contribution >= 0.6 is 27.3 Å². The fourth-order valence-electron chi connectivity index (χ4n) is 1.88. The summed E-state index contributed by atoms with van der Waals surface area (Å²) in [5.74, 6) is 0. The third-order valence-corrected chi connectivity index (χ3v) is 3.98. The molecule has 1 aromatic carbocycles. The van der Waals surface area contributed by atoms with E-state index in [1.165, 1.54) is 11.1 Å². The van der Waals surface area contributed by atoms with Crippen molar-refractivity contribution >= 4 is 27.3 Å². The van der Waals surface area contributed by atoms with Gasteiger partial charge >= 0.3 is 0 Å². The van der Waals surface area contributed by atoms with Crippen LogP contribution in [-0.4, -0.2) is 6.54 Å². The first-order valence-corrected chi connectivity index (χ1v) is 7.53. The lowest BCUT2D eigenvalue weighted by Crippen LogP contribution is -2.22. The second kappa shape index (κ2) is 6.34. The van der Waals surface area contributed by atoms with Crippen molar-refractivity contribution in [3.63, 3.8) is 0 Å². The molecular formula is C14H16BrNS. The molecule has 3 heteroatoms. The SMILES string of the molecule is CCNC(Cc1ccc(Br)cc1)c1ccsc1. The van der Waals surface area contributed by atoms with Crippen molar-refractivity contribution in [2.45, 2.75) is 19.4 Å². The number of hydrogen-bond donors (Lipinski definition) is 1. The first-order valence-electron chi connectivity index (χ1n) is 5.79. The average molecular weight is 310 g/mol. The molecule has 0 bridgehead atoms. The highest BCUT2D eigenvalue weighted by Gasteiger charge is 2.11. The van der Waals surface area contributed by atoms with Crippen molar-refractivity contribution in [3.8, 4) is 0 Å². The van der Waals surface area contributed by atoms with Gasteiger partial charge in [0.25, 0.3) is 0 Å². The molecule has 0 saturated heterocycles. The largest absolute Gasteiger partial charge is 0.310 e. The van der Waals surface area contributed by atoms with Crippen LogP contribution in [0.15, 0.2) is 45.6 Å². The Labute approximate surface area is 115 Å². The Morgan fingerprint density at radius 1 is 1.24 bits per heavy atom. The third kappa shape index (κ3) is 3.66. The van der Waals surface area contributed by atoms with E-state index >= 15 is 0 Å². The second-order valence-electron chi connectivity index (χ2n) is 4.00. The van der Waals surface area contributed by atoms with Crippen LogP contribution in [0.25, 0.3) is 0 Å². The van der Waals surface area contributed by atoms with Gasteiger partial charge in [0.2, 0.25) is 0 Å². The van der Waals surface area contributed by atoms with Crippen molar-refractivity contribution < 1.29 is 0 Å². The number of halogens is 1. The fraction of sp³-hybridized carbons (Fsp3) is 0.286. The van der Waals surface area contributed by atoms with Gasteiger partial charge in [0.05, 0.1) is 0 Å². The molecule has 1 N–H and O–H groups in total. The summed E-state index contributed by atoms with van der Waals surface area (Å²) < 4.78 is 1.14. The van der Waals surface area contributed by atoms with Crippen LogP contribution in [0.4, 0.5) is 0 Å². The Hall–Kier alpha value is -0.640. The Morgan fingerprint density at radius 2 is 2.00 bits per heavy atom. The minimum absolute atomic E-state index is 0.424. The lowest BCUT2D eigenvalue weighted by atomic mass is 10.0. The van der Waals surface area contributed by atoms with Crippen molar-refractivity contribution in [2.24, 2.45) is 0 Å². The third-order valence-electron chi connectivity index (χ3n) is 2.75. The Morgan fingerprint density at radius 3 is 2.59 bits per heavy atom. The summed E-state index contributed by atoms with van der Waals surface area (Å²) in [6.45, 7) is 3.15. The van der Waals surface area contributed by atoms with Gasteiger partial charge in [0, 0.05) is 10.5 Å². The van der Waals surface area contributed by atoms with Gasteiger partial charge < -0.3 is 5.32 Å². The van der Waals surface area contributed by atoms with E-state index in [2.05, 4.69) is 69.3 Å². The molecule has 0 radical (unpaired) electrons. The summed E-state index contributed by atoms with van der Waals surface area (Å²) in [4.78, 5) is 0. The number of benzene rings is 1. The normalized spacial score (nSPS) is 12.6. The quantitative estimate of drug-likeness (QED) is 0.863. The molecule has 90 valence electrons.